The van der Waals surface area contributed by atoms with E-state index in [1.165, 1.54) is 24.1 Å². The van der Waals surface area contributed by atoms with E-state index < -0.39 is 11.7 Å². The predicted molar refractivity (Wildman–Crippen MR) is 91.7 cm³/mol. The average Bonchev–Trinajstić information content (AvgIpc) is 3.03. The zero-order valence-electron chi connectivity index (χ0n) is 13.7. The van der Waals surface area contributed by atoms with Crippen molar-refractivity contribution < 1.29 is 13.7 Å². The summed E-state index contributed by atoms with van der Waals surface area (Å²) in [5.41, 5.74) is 1.81. The highest BCUT2D eigenvalue weighted by Gasteiger charge is 2.19. The maximum atomic E-state index is 13.9. The number of aryl methyl sites for hydroxylation is 1. The van der Waals surface area contributed by atoms with Crippen molar-refractivity contribution in [3.63, 3.8) is 0 Å². The van der Waals surface area contributed by atoms with Crippen LogP contribution in [0, 0.1) is 12.7 Å². The van der Waals surface area contributed by atoms with Gasteiger partial charge in [0.25, 0.3) is 5.91 Å². The van der Waals surface area contributed by atoms with E-state index in [1.807, 2.05) is 31.2 Å². The van der Waals surface area contributed by atoms with Crippen molar-refractivity contribution in [2.75, 3.05) is 7.05 Å². The van der Waals surface area contributed by atoms with Crippen molar-refractivity contribution in [3.05, 3.63) is 70.3 Å². The van der Waals surface area contributed by atoms with Gasteiger partial charge in [-0.2, -0.15) is 4.98 Å². The van der Waals surface area contributed by atoms with E-state index in [0.717, 1.165) is 17.2 Å². The maximum absolute atomic E-state index is 13.9. The first-order chi connectivity index (χ1) is 12.0. The molecule has 0 aliphatic carbocycles. The van der Waals surface area contributed by atoms with Crippen molar-refractivity contribution >= 4 is 17.5 Å². The minimum absolute atomic E-state index is 0.0643. The quantitative estimate of drug-likeness (QED) is 0.703. The van der Waals surface area contributed by atoms with Gasteiger partial charge in [-0.1, -0.05) is 41.0 Å². The van der Waals surface area contributed by atoms with Crippen LogP contribution in [0.3, 0.4) is 0 Å². The first-order valence-corrected chi connectivity index (χ1v) is 7.92. The fourth-order valence-corrected chi connectivity index (χ4v) is 2.55. The van der Waals surface area contributed by atoms with E-state index in [4.69, 9.17) is 16.1 Å². The summed E-state index contributed by atoms with van der Waals surface area (Å²) in [4.78, 5) is 18.0. The topological polar surface area (TPSA) is 59.2 Å². The van der Waals surface area contributed by atoms with Crippen LogP contribution < -0.4 is 0 Å². The summed E-state index contributed by atoms with van der Waals surface area (Å²) in [6, 6.07) is 11.6. The van der Waals surface area contributed by atoms with Crippen LogP contribution in [0.4, 0.5) is 4.39 Å². The van der Waals surface area contributed by atoms with Crippen molar-refractivity contribution in [2.24, 2.45) is 0 Å². The first-order valence-electron chi connectivity index (χ1n) is 7.55. The SMILES string of the molecule is Cc1ccccc1-c1noc(CN(C)C(=O)c2ccc(Cl)cc2F)n1. The van der Waals surface area contributed by atoms with E-state index in [1.54, 1.807) is 0 Å². The second kappa shape index (κ2) is 7.03. The Kier molecular flexibility index (Phi) is 4.81. The Morgan fingerprint density at radius 3 is 2.76 bits per heavy atom. The Morgan fingerprint density at radius 2 is 2.04 bits per heavy atom. The van der Waals surface area contributed by atoms with Gasteiger partial charge >= 0.3 is 0 Å². The fraction of sp³-hybridized carbons (Fsp3) is 0.167. The first kappa shape index (κ1) is 17.1. The van der Waals surface area contributed by atoms with Gasteiger partial charge in [-0.15, -0.1) is 0 Å². The zero-order valence-corrected chi connectivity index (χ0v) is 14.4. The third kappa shape index (κ3) is 3.69. The number of carbonyl (C=O) groups excluding carboxylic acids is 1. The van der Waals surface area contributed by atoms with Gasteiger partial charge in [-0.3, -0.25) is 4.79 Å². The summed E-state index contributed by atoms with van der Waals surface area (Å²) < 4.78 is 19.1. The lowest BCUT2D eigenvalue weighted by Crippen LogP contribution is -2.27. The van der Waals surface area contributed by atoms with Crippen LogP contribution in [0.1, 0.15) is 21.8 Å². The molecule has 128 valence electrons. The highest BCUT2D eigenvalue weighted by atomic mass is 35.5. The summed E-state index contributed by atoms with van der Waals surface area (Å²) in [5, 5.41) is 4.18. The van der Waals surface area contributed by atoms with Crippen molar-refractivity contribution in [2.45, 2.75) is 13.5 Å². The Morgan fingerprint density at radius 1 is 1.28 bits per heavy atom. The second-order valence-electron chi connectivity index (χ2n) is 5.61. The molecule has 2 aromatic carbocycles. The minimum Gasteiger partial charge on any atom is -0.337 e. The molecule has 0 fully saturated rings. The van der Waals surface area contributed by atoms with Crippen LogP contribution in [0.5, 0.6) is 0 Å². The van der Waals surface area contributed by atoms with E-state index in [2.05, 4.69) is 10.1 Å². The Bertz CT molecular complexity index is 926. The molecule has 3 aromatic rings. The average molecular weight is 360 g/mol. The van der Waals surface area contributed by atoms with Crippen molar-refractivity contribution in [3.8, 4) is 11.4 Å². The second-order valence-corrected chi connectivity index (χ2v) is 6.05. The third-order valence-electron chi connectivity index (χ3n) is 3.73. The molecule has 0 bridgehead atoms. The molecular formula is C18H15ClFN3O2. The highest BCUT2D eigenvalue weighted by molar-refractivity contribution is 6.30. The van der Waals surface area contributed by atoms with Crippen LogP contribution in [0.15, 0.2) is 47.0 Å². The maximum Gasteiger partial charge on any atom is 0.257 e. The molecule has 3 rings (SSSR count). The number of benzene rings is 2. The molecule has 0 aliphatic heterocycles. The lowest BCUT2D eigenvalue weighted by molar-refractivity contribution is 0.0765. The van der Waals surface area contributed by atoms with Gasteiger partial charge in [0.05, 0.1) is 12.1 Å². The molecular weight excluding hydrogens is 345 g/mol. The fourth-order valence-electron chi connectivity index (χ4n) is 2.40. The third-order valence-corrected chi connectivity index (χ3v) is 3.97. The smallest absolute Gasteiger partial charge is 0.257 e. The molecule has 1 aromatic heterocycles. The van der Waals surface area contributed by atoms with E-state index in [-0.39, 0.29) is 23.0 Å². The van der Waals surface area contributed by atoms with E-state index in [9.17, 15) is 9.18 Å². The van der Waals surface area contributed by atoms with Gasteiger partial charge in [0.15, 0.2) is 0 Å². The Labute approximate surface area is 149 Å². The van der Waals surface area contributed by atoms with E-state index >= 15 is 0 Å². The lowest BCUT2D eigenvalue weighted by Gasteiger charge is -2.15. The summed E-state index contributed by atoms with van der Waals surface area (Å²) >= 11 is 5.71. The Balaban J connectivity index is 1.76. The number of nitrogens with zero attached hydrogens (tertiary/aromatic N) is 3. The van der Waals surface area contributed by atoms with Gasteiger partial charge in [0.1, 0.15) is 5.82 Å². The van der Waals surface area contributed by atoms with Crippen LogP contribution in [0.25, 0.3) is 11.4 Å². The molecule has 0 saturated carbocycles. The zero-order chi connectivity index (χ0) is 18.0. The van der Waals surface area contributed by atoms with Crippen LogP contribution >= 0.6 is 11.6 Å². The van der Waals surface area contributed by atoms with Crippen LogP contribution in [-0.4, -0.2) is 28.0 Å². The van der Waals surface area contributed by atoms with Crippen molar-refractivity contribution in [1.29, 1.82) is 0 Å². The monoisotopic (exact) mass is 359 g/mol. The number of carbonyl (C=O) groups is 1. The van der Waals surface area contributed by atoms with Gasteiger partial charge in [-0.25, -0.2) is 4.39 Å². The summed E-state index contributed by atoms with van der Waals surface area (Å²) in [6.45, 7) is 2.02. The number of aromatic nitrogens is 2. The molecule has 25 heavy (non-hydrogen) atoms. The Hall–Kier alpha value is -2.73. The standard InChI is InChI=1S/C18H15ClFN3O2/c1-11-5-3-4-6-13(11)17-21-16(25-22-17)10-23(2)18(24)14-8-7-12(19)9-15(14)20/h3-9H,10H2,1-2H3. The molecule has 0 N–H and O–H groups in total. The van der Waals surface area contributed by atoms with Crippen LogP contribution in [0.2, 0.25) is 5.02 Å². The number of rotatable bonds is 4. The van der Waals surface area contributed by atoms with Gasteiger partial charge in [0.2, 0.25) is 11.7 Å². The minimum atomic E-state index is -0.671. The van der Waals surface area contributed by atoms with Gasteiger partial charge < -0.3 is 9.42 Å². The lowest BCUT2D eigenvalue weighted by atomic mass is 10.1. The van der Waals surface area contributed by atoms with Crippen molar-refractivity contribution in [1.82, 2.24) is 15.0 Å². The highest BCUT2D eigenvalue weighted by Crippen LogP contribution is 2.21. The molecule has 1 amide bonds. The molecule has 0 unspecified atom stereocenters. The van der Waals surface area contributed by atoms with Gasteiger partial charge in [-0.05, 0) is 30.7 Å². The number of hydrogen-bond donors (Lipinski definition) is 0. The molecule has 0 aliphatic rings. The summed E-state index contributed by atoms with van der Waals surface area (Å²) in [7, 11) is 1.54. The largest absolute Gasteiger partial charge is 0.337 e. The van der Waals surface area contributed by atoms with Crippen LogP contribution in [-0.2, 0) is 6.54 Å². The molecule has 0 atom stereocenters. The molecule has 0 spiro atoms. The summed E-state index contributed by atoms with van der Waals surface area (Å²) in [6.07, 6.45) is 0. The number of amides is 1. The van der Waals surface area contributed by atoms with Gasteiger partial charge in [0, 0.05) is 17.6 Å². The molecule has 1 heterocycles. The molecule has 0 radical (unpaired) electrons. The molecule has 7 heteroatoms. The predicted octanol–water partition coefficient (Wildman–Crippen LogP) is 4.11. The number of hydrogen-bond acceptors (Lipinski definition) is 4. The number of halogens is 2. The summed E-state index contributed by atoms with van der Waals surface area (Å²) in [5.74, 6) is -0.449. The molecule has 0 saturated heterocycles. The molecule has 5 nitrogen and oxygen atoms in total. The normalized spacial score (nSPS) is 10.7. The van der Waals surface area contributed by atoms with E-state index in [0.29, 0.717) is 5.82 Å².